The third kappa shape index (κ3) is 4.92. The molecule has 6 nitrogen and oxygen atoms in total. The number of benzene rings is 2. The second kappa shape index (κ2) is 7.29. The average Bonchev–Trinajstić information content (AvgIpc) is 2.54. The highest BCUT2D eigenvalue weighted by atomic mass is 32.2. The molecule has 1 amide bonds. The van der Waals surface area contributed by atoms with E-state index in [1.54, 1.807) is 0 Å². The summed E-state index contributed by atoms with van der Waals surface area (Å²) in [4.78, 5) is 23.5. The molecule has 0 aromatic heterocycles. The third-order valence-electron chi connectivity index (χ3n) is 4.02. The van der Waals surface area contributed by atoms with Gasteiger partial charge in [0.1, 0.15) is 0 Å². The van der Waals surface area contributed by atoms with Crippen LogP contribution in [0.1, 0.15) is 36.2 Å². The van der Waals surface area contributed by atoms with Gasteiger partial charge in [-0.05, 0) is 29.2 Å². The van der Waals surface area contributed by atoms with Gasteiger partial charge in [-0.1, -0.05) is 44.2 Å². The molecule has 0 aliphatic carbocycles. The van der Waals surface area contributed by atoms with Crippen molar-refractivity contribution in [1.82, 2.24) is 0 Å². The van der Waals surface area contributed by atoms with Crippen LogP contribution in [-0.4, -0.2) is 31.7 Å². The number of carbonyl (C=O) groups excluding carboxylic acids is 1. The van der Waals surface area contributed by atoms with Crippen molar-refractivity contribution in [3.63, 3.8) is 0 Å². The largest absolute Gasteiger partial charge is 0.478 e. The van der Waals surface area contributed by atoms with Crippen LogP contribution >= 0.6 is 0 Å². The third-order valence-corrected chi connectivity index (χ3v) is 5.12. The summed E-state index contributed by atoms with van der Waals surface area (Å²) in [6, 6.07) is 13.1. The van der Waals surface area contributed by atoms with Crippen molar-refractivity contribution in [3.05, 3.63) is 59.7 Å². The Hall–Kier alpha value is -2.67. The minimum Gasteiger partial charge on any atom is -0.478 e. The number of aromatic carboxylic acids is 1. The predicted molar refractivity (Wildman–Crippen MR) is 99.2 cm³/mol. The molecule has 0 aliphatic rings. The lowest BCUT2D eigenvalue weighted by atomic mass is 9.81. The van der Waals surface area contributed by atoms with Crippen molar-refractivity contribution in [2.24, 2.45) is 0 Å². The van der Waals surface area contributed by atoms with E-state index in [-0.39, 0.29) is 28.5 Å². The number of sulfone groups is 1. The highest BCUT2D eigenvalue weighted by Crippen LogP contribution is 2.27. The van der Waals surface area contributed by atoms with Crippen molar-refractivity contribution in [2.75, 3.05) is 11.6 Å². The molecule has 0 spiro atoms. The van der Waals surface area contributed by atoms with Crippen LogP contribution in [0.15, 0.2) is 53.4 Å². The Morgan fingerprint density at radius 1 is 1.08 bits per heavy atom. The van der Waals surface area contributed by atoms with Crippen molar-refractivity contribution in [2.45, 2.75) is 30.6 Å². The van der Waals surface area contributed by atoms with E-state index < -0.39 is 21.2 Å². The van der Waals surface area contributed by atoms with Gasteiger partial charge in [0.05, 0.1) is 10.5 Å². The molecule has 7 heteroatoms. The van der Waals surface area contributed by atoms with Crippen LogP contribution in [0.5, 0.6) is 0 Å². The van der Waals surface area contributed by atoms with Crippen molar-refractivity contribution < 1.29 is 23.1 Å². The number of hydrogen-bond donors (Lipinski definition) is 2. The Balaban J connectivity index is 2.26. The van der Waals surface area contributed by atoms with E-state index in [0.717, 1.165) is 17.9 Å². The molecule has 138 valence electrons. The van der Waals surface area contributed by atoms with Gasteiger partial charge in [0.25, 0.3) is 0 Å². The summed E-state index contributed by atoms with van der Waals surface area (Å²) in [5, 5.41) is 11.8. The number of carbonyl (C=O) groups is 2. The van der Waals surface area contributed by atoms with Crippen LogP contribution in [0, 0.1) is 0 Å². The van der Waals surface area contributed by atoms with Gasteiger partial charge in [-0.15, -0.1) is 0 Å². The zero-order valence-corrected chi connectivity index (χ0v) is 15.6. The molecule has 0 unspecified atom stereocenters. The second-order valence-corrected chi connectivity index (χ2v) is 8.81. The number of amides is 1. The molecule has 0 radical (unpaired) electrons. The summed E-state index contributed by atoms with van der Waals surface area (Å²) in [5.41, 5.74) is 0.492. The van der Waals surface area contributed by atoms with E-state index in [1.807, 2.05) is 44.2 Å². The first-order valence-corrected chi connectivity index (χ1v) is 9.82. The maximum absolute atomic E-state index is 12.4. The topological polar surface area (TPSA) is 101 Å². The van der Waals surface area contributed by atoms with Crippen LogP contribution in [-0.2, 0) is 20.0 Å². The summed E-state index contributed by atoms with van der Waals surface area (Å²) in [6.45, 7) is 3.86. The molecule has 0 bridgehead atoms. The molecule has 2 N–H and O–H groups in total. The number of carboxylic acid groups (broad SMARTS) is 1. The van der Waals surface area contributed by atoms with Gasteiger partial charge in [0.15, 0.2) is 9.84 Å². The summed E-state index contributed by atoms with van der Waals surface area (Å²) >= 11 is 0. The number of anilines is 1. The van der Waals surface area contributed by atoms with Gasteiger partial charge in [-0.25, -0.2) is 13.2 Å². The van der Waals surface area contributed by atoms with Crippen LogP contribution in [0.3, 0.4) is 0 Å². The molecular weight excluding hydrogens is 354 g/mol. The Morgan fingerprint density at radius 2 is 1.69 bits per heavy atom. The normalized spacial score (nSPS) is 11.8. The van der Waals surface area contributed by atoms with E-state index in [2.05, 4.69) is 5.32 Å². The van der Waals surface area contributed by atoms with Crippen LogP contribution < -0.4 is 5.32 Å². The summed E-state index contributed by atoms with van der Waals surface area (Å²) in [7, 11) is -3.61. The average molecular weight is 375 g/mol. The van der Waals surface area contributed by atoms with Crippen molar-refractivity contribution in [3.8, 4) is 0 Å². The first kappa shape index (κ1) is 19.7. The Morgan fingerprint density at radius 3 is 2.23 bits per heavy atom. The molecule has 0 aliphatic heterocycles. The number of carboxylic acids is 1. The molecule has 26 heavy (non-hydrogen) atoms. The second-order valence-electron chi connectivity index (χ2n) is 6.80. The smallest absolute Gasteiger partial charge is 0.335 e. The first-order chi connectivity index (χ1) is 12.0. The van der Waals surface area contributed by atoms with Crippen molar-refractivity contribution in [1.29, 1.82) is 0 Å². The maximum Gasteiger partial charge on any atom is 0.335 e. The van der Waals surface area contributed by atoms with Crippen molar-refractivity contribution >= 4 is 27.4 Å². The van der Waals surface area contributed by atoms with Crippen LogP contribution in [0.25, 0.3) is 0 Å². The zero-order chi connectivity index (χ0) is 19.5. The van der Waals surface area contributed by atoms with Gasteiger partial charge in [0, 0.05) is 18.4 Å². The molecule has 0 heterocycles. The molecule has 2 rings (SSSR count). The Kier molecular flexibility index (Phi) is 5.51. The van der Waals surface area contributed by atoms with E-state index >= 15 is 0 Å². The van der Waals surface area contributed by atoms with E-state index in [4.69, 9.17) is 5.11 Å². The fourth-order valence-corrected chi connectivity index (χ4v) is 3.29. The Bertz CT molecular complexity index is 934. The summed E-state index contributed by atoms with van der Waals surface area (Å²) in [5.74, 6) is -1.60. The molecule has 0 atom stereocenters. The highest BCUT2D eigenvalue weighted by Gasteiger charge is 2.24. The van der Waals surface area contributed by atoms with Gasteiger partial charge < -0.3 is 10.4 Å². The van der Waals surface area contributed by atoms with Gasteiger partial charge >= 0.3 is 5.97 Å². The fourth-order valence-electron chi connectivity index (χ4n) is 2.61. The molecule has 0 fully saturated rings. The maximum atomic E-state index is 12.4. The quantitative estimate of drug-likeness (QED) is 0.808. The highest BCUT2D eigenvalue weighted by molar-refractivity contribution is 7.90. The summed E-state index contributed by atoms with van der Waals surface area (Å²) < 4.78 is 23.5. The number of hydrogen-bond acceptors (Lipinski definition) is 4. The van der Waals surface area contributed by atoms with E-state index in [1.165, 1.54) is 12.1 Å². The molecule has 0 saturated carbocycles. The van der Waals surface area contributed by atoms with Crippen LogP contribution in [0.4, 0.5) is 5.69 Å². The molecule has 0 saturated heterocycles. The summed E-state index contributed by atoms with van der Waals surface area (Å²) in [6.07, 6.45) is 1.14. The van der Waals surface area contributed by atoms with E-state index in [9.17, 15) is 18.0 Å². The lowest BCUT2D eigenvalue weighted by Crippen LogP contribution is -2.26. The van der Waals surface area contributed by atoms with Crippen LogP contribution in [0.2, 0.25) is 0 Å². The minimum atomic E-state index is -3.61. The van der Waals surface area contributed by atoms with E-state index in [0.29, 0.717) is 0 Å². The fraction of sp³-hybridized carbons (Fsp3) is 0.263. The number of nitrogens with one attached hydrogen (secondary N) is 1. The monoisotopic (exact) mass is 375 g/mol. The minimum absolute atomic E-state index is 0.138. The lowest BCUT2D eigenvalue weighted by molar-refractivity contribution is -0.117. The zero-order valence-electron chi connectivity index (χ0n) is 14.8. The predicted octanol–water partition coefficient (Wildman–Crippen LogP) is 3.09. The SMILES string of the molecule is CC(C)(CC(=O)Nc1cc(C(=O)O)cc(S(C)(=O)=O)c1)c1ccccc1. The van der Waals surface area contributed by atoms with Gasteiger partial charge in [-0.3, -0.25) is 4.79 Å². The standard InChI is InChI=1S/C19H21NO5S/c1-19(2,14-7-5-4-6-8-14)12-17(21)20-15-9-13(18(22)23)10-16(11-15)26(3,24)25/h4-11H,12H2,1-3H3,(H,20,21)(H,22,23). The first-order valence-electron chi connectivity index (χ1n) is 7.93. The van der Waals surface area contributed by atoms with Gasteiger partial charge in [0.2, 0.25) is 5.91 Å². The Labute approximate surface area is 152 Å². The van der Waals surface area contributed by atoms with Gasteiger partial charge in [-0.2, -0.15) is 0 Å². The number of rotatable bonds is 6. The molecule has 2 aromatic rings. The lowest BCUT2D eigenvalue weighted by Gasteiger charge is -2.24. The molecular formula is C19H21NO5S. The molecule has 2 aromatic carbocycles.